The van der Waals surface area contributed by atoms with Crippen LogP contribution in [0.4, 0.5) is 5.69 Å². The summed E-state index contributed by atoms with van der Waals surface area (Å²) in [5.74, 6) is 2.45. The second-order valence-corrected chi connectivity index (χ2v) is 9.06. The molecule has 0 spiro atoms. The van der Waals surface area contributed by atoms with E-state index in [4.69, 9.17) is 14.5 Å². The molecule has 0 fully saturated rings. The molecule has 0 bridgehead atoms. The van der Waals surface area contributed by atoms with Crippen molar-refractivity contribution < 1.29 is 9.47 Å². The second kappa shape index (κ2) is 15.3. The van der Waals surface area contributed by atoms with Gasteiger partial charge < -0.3 is 14.8 Å². The van der Waals surface area contributed by atoms with E-state index in [1.165, 1.54) is 5.56 Å². The van der Waals surface area contributed by atoms with Crippen LogP contribution in [0.5, 0.6) is 11.5 Å². The number of benzene rings is 3. The van der Waals surface area contributed by atoms with Crippen LogP contribution >= 0.6 is 0 Å². The van der Waals surface area contributed by atoms with Crippen molar-refractivity contribution in [2.75, 3.05) is 27.8 Å². The molecule has 5 nitrogen and oxygen atoms in total. The molecule has 3 rings (SSSR count). The van der Waals surface area contributed by atoms with E-state index in [1.807, 2.05) is 62.5 Å². The standard InChI is InChI=1S/C34H39N3O2/c1-7-9-13-25(8-2)34(36-4)37-32-19-18-27(26-14-12-15-30(24-26)38-5)22-29(32)23-28(20-21-35-3)31-16-10-11-17-33(31)39-6/h7-19,22,24,28,35H,2,4,20-21,23H2,1,3,5-6H3/b9-7-,25-13+,37-34?. The zero-order valence-corrected chi connectivity index (χ0v) is 23.5. The minimum Gasteiger partial charge on any atom is -0.497 e. The van der Waals surface area contributed by atoms with Crippen LogP contribution in [0.1, 0.15) is 30.4 Å². The normalized spacial score (nSPS) is 12.8. The molecule has 0 aliphatic carbocycles. The Kier molecular flexibility index (Phi) is 11.5. The number of hydrogen-bond acceptors (Lipinski definition) is 4. The Bertz CT molecular complexity index is 1350. The van der Waals surface area contributed by atoms with Gasteiger partial charge in [0, 0.05) is 5.57 Å². The van der Waals surface area contributed by atoms with E-state index in [2.05, 4.69) is 60.0 Å². The maximum Gasteiger partial charge on any atom is 0.159 e. The first-order valence-electron chi connectivity index (χ1n) is 13.1. The molecular formula is C34H39N3O2. The van der Waals surface area contributed by atoms with Gasteiger partial charge in [-0.1, -0.05) is 67.3 Å². The molecule has 3 aromatic rings. The van der Waals surface area contributed by atoms with Crippen molar-refractivity contribution in [1.29, 1.82) is 0 Å². The van der Waals surface area contributed by atoms with Gasteiger partial charge in [-0.2, -0.15) is 0 Å². The third-order valence-corrected chi connectivity index (χ3v) is 6.59. The van der Waals surface area contributed by atoms with Gasteiger partial charge in [-0.15, -0.1) is 0 Å². The topological polar surface area (TPSA) is 55.2 Å². The third kappa shape index (κ3) is 7.88. The molecule has 3 aromatic carbocycles. The molecule has 1 unspecified atom stereocenters. The summed E-state index contributed by atoms with van der Waals surface area (Å²) in [7, 11) is 5.39. The van der Waals surface area contributed by atoms with Gasteiger partial charge in [0.15, 0.2) is 5.84 Å². The Morgan fingerprint density at radius 1 is 1.00 bits per heavy atom. The van der Waals surface area contributed by atoms with E-state index in [1.54, 1.807) is 20.3 Å². The number of methoxy groups -OCH3 is 2. The van der Waals surface area contributed by atoms with E-state index in [0.717, 1.165) is 58.8 Å². The van der Waals surface area contributed by atoms with Crippen molar-refractivity contribution in [1.82, 2.24) is 5.32 Å². The van der Waals surface area contributed by atoms with Crippen LogP contribution in [-0.4, -0.2) is 40.4 Å². The molecule has 0 saturated heterocycles. The second-order valence-electron chi connectivity index (χ2n) is 9.06. The van der Waals surface area contributed by atoms with E-state index in [-0.39, 0.29) is 5.92 Å². The minimum atomic E-state index is 0.209. The molecule has 1 N–H and O–H groups in total. The number of para-hydroxylation sites is 1. The Morgan fingerprint density at radius 2 is 1.79 bits per heavy atom. The number of rotatable bonds is 13. The van der Waals surface area contributed by atoms with Gasteiger partial charge in [-0.25, -0.2) is 9.98 Å². The number of nitrogens with one attached hydrogen (secondary N) is 1. The van der Waals surface area contributed by atoms with Gasteiger partial charge >= 0.3 is 0 Å². The molecule has 39 heavy (non-hydrogen) atoms. The fourth-order valence-corrected chi connectivity index (χ4v) is 4.53. The van der Waals surface area contributed by atoms with Crippen molar-refractivity contribution in [3.05, 3.63) is 114 Å². The molecule has 0 saturated carbocycles. The van der Waals surface area contributed by atoms with Gasteiger partial charge in [0.25, 0.3) is 0 Å². The summed E-state index contributed by atoms with van der Waals surface area (Å²) in [6.45, 7) is 10.6. The summed E-state index contributed by atoms with van der Waals surface area (Å²) in [4.78, 5) is 9.23. The molecular weight excluding hydrogens is 482 g/mol. The first-order valence-corrected chi connectivity index (χ1v) is 13.1. The average molecular weight is 522 g/mol. The molecule has 1 atom stereocenters. The predicted molar refractivity (Wildman–Crippen MR) is 166 cm³/mol. The van der Waals surface area contributed by atoms with Crippen LogP contribution < -0.4 is 14.8 Å². The molecule has 0 aliphatic heterocycles. The lowest BCUT2D eigenvalue weighted by Gasteiger charge is -2.21. The zero-order valence-electron chi connectivity index (χ0n) is 23.5. The first kappa shape index (κ1) is 29.3. The summed E-state index contributed by atoms with van der Waals surface area (Å²) >= 11 is 0. The van der Waals surface area contributed by atoms with E-state index in [0.29, 0.717) is 5.84 Å². The van der Waals surface area contributed by atoms with E-state index < -0.39 is 0 Å². The number of ether oxygens (including phenoxy) is 2. The molecule has 0 aromatic heterocycles. The monoisotopic (exact) mass is 521 g/mol. The molecule has 0 amide bonds. The van der Waals surface area contributed by atoms with Crippen molar-refractivity contribution in [3.8, 4) is 22.6 Å². The maximum atomic E-state index is 5.75. The maximum absolute atomic E-state index is 5.75. The van der Waals surface area contributed by atoms with E-state index in [9.17, 15) is 0 Å². The van der Waals surface area contributed by atoms with Crippen LogP contribution in [-0.2, 0) is 6.42 Å². The molecule has 0 radical (unpaired) electrons. The lowest BCUT2D eigenvalue weighted by molar-refractivity contribution is 0.403. The van der Waals surface area contributed by atoms with E-state index >= 15 is 0 Å². The molecule has 5 heteroatoms. The smallest absolute Gasteiger partial charge is 0.159 e. The number of allylic oxidation sites excluding steroid dienone is 3. The van der Waals surface area contributed by atoms with Crippen LogP contribution in [0, 0.1) is 0 Å². The fourth-order valence-electron chi connectivity index (χ4n) is 4.53. The summed E-state index contributed by atoms with van der Waals surface area (Å²) < 4.78 is 11.2. The number of hydrogen-bond donors (Lipinski definition) is 1. The summed E-state index contributed by atoms with van der Waals surface area (Å²) in [5, 5.41) is 3.31. The Morgan fingerprint density at radius 3 is 2.49 bits per heavy atom. The van der Waals surface area contributed by atoms with Crippen LogP contribution in [0.3, 0.4) is 0 Å². The Balaban J connectivity index is 2.18. The predicted octanol–water partition coefficient (Wildman–Crippen LogP) is 7.73. The first-order chi connectivity index (χ1) is 19.1. The highest BCUT2D eigenvalue weighted by atomic mass is 16.5. The highest BCUT2D eigenvalue weighted by molar-refractivity contribution is 6.04. The molecule has 202 valence electrons. The van der Waals surface area contributed by atoms with Gasteiger partial charge in [0.1, 0.15) is 11.5 Å². The number of amidine groups is 1. The van der Waals surface area contributed by atoms with Gasteiger partial charge in [-0.05, 0) is 98.6 Å². The minimum absolute atomic E-state index is 0.209. The quantitative estimate of drug-likeness (QED) is 0.142. The molecule has 0 aliphatic rings. The number of aliphatic imine (C=N–C) groups is 2. The van der Waals surface area contributed by atoms with Gasteiger partial charge in [0.05, 0.1) is 19.9 Å². The summed E-state index contributed by atoms with van der Waals surface area (Å²) in [5.41, 5.74) is 6.12. The van der Waals surface area contributed by atoms with Gasteiger partial charge in [0.2, 0.25) is 0 Å². The van der Waals surface area contributed by atoms with Crippen molar-refractivity contribution in [2.45, 2.75) is 25.7 Å². The number of nitrogens with zero attached hydrogens (tertiary/aromatic N) is 2. The van der Waals surface area contributed by atoms with Crippen LogP contribution in [0.15, 0.2) is 113 Å². The van der Waals surface area contributed by atoms with Crippen molar-refractivity contribution >= 4 is 18.2 Å². The highest BCUT2D eigenvalue weighted by Crippen LogP contribution is 2.36. The SMILES string of the molecule is C=C/C(=C\C=C/C)C(N=C)=Nc1ccc(-c2cccc(OC)c2)cc1CC(CCNC)c1ccccc1OC. The third-order valence-electron chi connectivity index (χ3n) is 6.59. The summed E-state index contributed by atoms with van der Waals surface area (Å²) in [6.07, 6.45) is 9.30. The van der Waals surface area contributed by atoms with Crippen molar-refractivity contribution in [3.63, 3.8) is 0 Å². The lowest BCUT2D eigenvalue weighted by atomic mass is 9.87. The van der Waals surface area contributed by atoms with Crippen LogP contribution in [0.2, 0.25) is 0 Å². The fraction of sp³-hybridized carbons (Fsp3) is 0.235. The van der Waals surface area contributed by atoms with Crippen molar-refractivity contribution in [2.24, 2.45) is 9.98 Å². The lowest BCUT2D eigenvalue weighted by Crippen LogP contribution is -2.14. The summed E-state index contributed by atoms with van der Waals surface area (Å²) in [6, 6.07) is 22.7. The van der Waals surface area contributed by atoms with Crippen LogP contribution in [0.25, 0.3) is 11.1 Å². The Hall–Kier alpha value is -4.22. The Labute approximate surface area is 233 Å². The molecule has 0 heterocycles. The largest absolute Gasteiger partial charge is 0.497 e. The average Bonchev–Trinajstić information content (AvgIpc) is 2.99. The highest BCUT2D eigenvalue weighted by Gasteiger charge is 2.19. The zero-order chi connectivity index (χ0) is 28.0. The van der Waals surface area contributed by atoms with Gasteiger partial charge in [-0.3, -0.25) is 0 Å².